The molecule has 0 saturated carbocycles. The topological polar surface area (TPSA) is 0 Å². The Morgan fingerprint density at radius 2 is 1.80 bits per heavy atom. The second-order valence-corrected chi connectivity index (χ2v) is 1.47. The van der Waals surface area contributed by atoms with Crippen molar-refractivity contribution < 1.29 is 98.1 Å². The third kappa shape index (κ3) is 10.6. The third-order valence-corrected chi connectivity index (χ3v) is 0.867. The van der Waals surface area contributed by atoms with Crippen LogP contribution in [0.25, 0.3) is 0 Å². The van der Waals surface area contributed by atoms with E-state index in [1.165, 1.54) is 5.57 Å². The molecule has 0 aliphatic heterocycles. The van der Waals surface area contributed by atoms with Crippen LogP contribution in [-0.4, -0.2) is 0 Å². The van der Waals surface area contributed by atoms with Crippen molar-refractivity contribution in [3.63, 3.8) is 0 Å². The van der Waals surface area contributed by atoms with Gasteiger partial charge in [0.25, 0.3) is 0 Å². The molecule has 0 heterocycles. The summed E-state index contributed by atoms with van der Waals surface area (Å²) in [5, 5.41) is 0. The minimum absolute atomic E-state index is 0. The monoisotopic (exact) mass is 550 g/mol. The number of halogens is 3. The fraction of sp³-hybridized carbons (Fsp3) is 0.333. The van der Waals surface area contributed by atoms with Crippen LogP contribution in [0.5, 0.6) is 0 Å². The molecule has 0 radical (unpaired) electrons. The zero-order valence-electron chi connectivity index (χ0n) is 5.50. The van der Waals surface area contributed by atoms with Gasteiger partial charge in [-0.3, -0.25) is 6.08 Å². The van der Waals surface area contributed by atoms with Gasteiger partial charge in [0.05, 0.1) is 0 Å². The molecule has 1 aliphatic rings. The van der Waals surface area contributed by atoms with Crippen molar-refractivity contribution >= 4 is 0 Å². The van der Waals surface area contributed by atoms with Gasteiger partial charge < -0.3 is 71.9 Å². The molecule has 56 valence electrons. The number of rotatable bonds is 0. The van der Waals surface area contributed by atoms with Crippen LogP contribution in [0.15, 0.2) is 17.7 Å². The van der Waals surface area contributed by atoms with Crippen LogP contribution in [0.3, 0.4) is 0 Å². The molecule has 0 aromatic carbocycles. The first kappa shape index (κ1) is 22.9. The predicted molar refractivity (Wildman–Crippen MR) is 26.2 cm³/mol. The molecule has 0 aromatic heterocycles. The fourth-order valence-electron chi connectivity index (χ4n) is 0.515. The maximum atomic E-state index is 3.12. The number of hydrogen-bond acceptors (Lipinski definition) is 0. The zero-order valence-corrected chi connectivity index (χ0v) is 14.4. The smallest absolute Gasteiger partial charge is 1.00 e. The fourth-order valence-corrected chi connectivity index (χ4v) is 0.515. The Morgan fingerprint density at radius 3 is 1.90 bits per heavy atom. The summed E-state index contributed by atoms with van der Waals surface area (Å²) >= 11 is 0. The Hall–Kier alpha value is 2.55. The Morgan fingerprint density at radius 1 is 1.30 bits per heavy atom. The summed E-state index contributed by atoms with van der Waals surface area (Å²) in [4.78, 5) is 0. The molecule has 0 aromatic rings. The first-order valence-electron chi connectivity index (χ1n) is 2.13. The first-order valence-corrected chi connectivity index (χ1v) is 2.13. The van der Waals surface area contributed by atoms with Gasteiger partial charge in [0.2, 0.25) is 0 Å². The third-order valence-electron chi connectivity index (χ3n) is 0.867. The molecule has 0 spiro atoms. The largest absolute Gasteiger partial charge is 4.00 e. The van der Waals surface area contributed by atoms with E-state index in [9.17, 15) is 0 Å². The summed E-state index contributed by atoms with van der Waals surface area (Å²) < 4.78 is 0. The molecule has 0 bridgehead atoms. The second-order valence-electron chi connectivity index (χ2n) is 1.47. The van der Waals surface area contributed by atoms with Gasteiger partial charge in [0.1, 0.15) is 0 Å². The normalized spacial score (nSPS) is 11.1. The van der Waals surface area contributed by atoms with Gasteiger partial charge in [0, 0.05) is 0 Å². The molecular weight excluding hydrogens is 544 g/mol. The van der Waals surface area contributed by atoms with E-state index < -0.39 is 0 Å². The zero-order chi connectivity index (χ0) is 4.41. The molecule has 0 nitrogen and oxygen atoms in total. The van der Waals surface area contributed by atoms with Crippen LogP contribution < -0.4 is 71.9 Å². The maximum Gasteiger partial charge on any atom is 4.00 e. The van der Waals surface area contributed by atoms with Crippen LogP contribution in [0.1, 0.15) is 13.3 Å². The van der Waals surface area contributed by atoms with E-state index in [0.29, 0.717) is 0 Å². The average Bonchev–Trinajstić information content (AvgIpc) is 1.86. The SMILES string of the molecule is CC1=[C-]CC=C1.[I-].[I-].[I-].[Zr+4]. The van der Waals surface area contributed by atoms with Gasteiger partial charge in [-0.25, -0.2) is 11.6 Å². The molecule has 0 N–H and O–H groups in total. The standard InChI is InChI=1S/C6H7.3HI.Zr/c1-6-4-2-3-5-6;;;;/h2,4H,3H2,1H3;3*1H;/q-1;;;;+4/p-3. The van der Waals surface area contributed by atoms with Gasteiger partial charge in [-0.15, -0.1) is 6.42 Å². The van der Waals surface area contributed by atoms with Crippen LogP contribution in [0.4, 0.5) is 0 Å². The van der Waals surface area contributed by atoms with Gasteiger partial charge in [-0.1, -0.05) is 6.92 Å². The van der Waals surface area contributed by atoms with E-state index in [4.69, 9.17) is 0 Å². The summed E-state index contributed by atoms with van der Waals surface area (Å²) in [5.41, 5.74) is 1.27. The Labute approximate surface area is 133 Å². The number of hydrogen-bond donors (Lipinski definition) is 0. The molecule has 0 saturated heterocycles. The molecule has 0 fully saturated rings. The van der Waals surface area contributed by atoms with Crippen LogP contribution in [0, 0.1) is 6.08 Å². The van der Waals surface area contributed by atoms with Crippen molar-refractivity contribution in [2.24, 2.45) is 0 Å². The predicted octanol–water partition coefficient (Wildman–Crippen LogP) is -7.29. The molecule has 4 heteroatoms. The molecule has 0 unspecified atom stereocenters. The average molecular weight is 551 g/mol. The van der Waals surface area contributed by atoms with Gasteiger partial charge in [0.15, 0.2) is 0 Å². The van der Waals surface area contributed by atoms with E-state index in [1.807, 2.05) is 0 Å². The second kappa shape index (κ2) is 14.1. The summed E-state index contributed by atoms with van der Waals surface area (Å²) in [6, 6.07) is 0. The van der Waals surface area contributed by atoms with Crippen molar-refractivity contribution in [2.45, 2.75) is 13.3 Å². The van der Waals surface area contributed by atoms with Crippen molar-refractivity contribution in [1.29, 1.82) is 0 Å². The van der Waals surface area contributed by atoms with Crippen molar-refractivity contribution in [2.75, 3.05) is 0 Å². The minimum atomic E-state index is 0. The molecule has 0 atom stereocenters. The minimum Gasteiger partial charge on any atom is -1.00 e. The number of allylic oxidation sites excluding steroid dienone is 4. The molecule has 0 amide bonds. The summed E-state index contributed by atoms with van der Waals surface area (Å²) in [6.45, 7) is 2.06. The van der Waals surface area contributed by atoms with E-state index in [-0.39, 0.29) is 98.1 Å². The Kier molecular flexibility index (Phi) is 32.3. The molecule has 10 heavy (non-hydrogen) atoms. The Balaban J connectivity index is -0.0000000450. The van der Waals surface area contributed by atoms with E-state index >= 15 is 0 Å². The van der Waals surface area contributed by atoms with Gasteiger partial charge in [-0.2, -0.15) is 6.08 Å². The van der Waals surface area contributed by atoms with E-state index in [2.05, 4.69) is 25.2 Å². The molecular formula is C6H7I3Zr. The molecule has 1 aliphatic carbocycles. The Bertz CT molecular complexity index is 107. The van der Waals surface area contributed by atoms with Crippen LogP contribution in [0.2, 0.25) is 0 Å². The van der Waals surface area contributed by atoms with E-state index in [1.54, 1.807) is 0 Å². The first-order chi connectivity index (χ1) is 2.89. The van der Waals surface area contributed by atoms with Gasteiger partial charge >= 0.3 is 26.2 Å². The van der Waals surface area contributed by atoms with Crippen LogP contribution in [-0.2, 0) is 26.2 Å². The van der Waals surface area contributed by atoms with Crippen LogP contribution >= 0.6 is 0 Å². The summed E-state index contributed by atoms with van der Waals surface area (Å²) in [6.07, 6.45) is 8.33. The quantitative estimate of drug-likeness (QED) is 0.208. The van der Waals surface area contributed by atoms with Crippen molar-refractivity contribution in [3.05, 3.63) is 23.8 Å². The summed E-state index contributed by atoms with van der Waals surface area (Å²) in [5.74, 6) is 0. The molecule has 1 rings (SSSR count). The maximum absolute atomic E-state index is 3.12. The van der Waals surface area contributed by atoms with E-state index in [0.717, 1.165) is 6.42 Å². The van der Waals surface area contributed by atoms with Crippen molar-refractivity contribution in [1.82, 2.24) is 0 Å². The van der Waals surface area contributed by atoms with Gasteiger partial charge in [-0.05, 0) is 0 Å². The van der Waals surface area contributed by atoms with Crippen molar-refractivity contribution in [3.8, 4) is 0 Å². The summed E-state index contributed by atoms with van der Waals surface area (Å²) in [7, 11) is 0.